The summed E-state index contributed by atoms with van der Waals surface area (Å²) in [7, 11) is -3.93. The van der Waals surface area contributed by atoms with Gasteiger partial charge in [-0.25, -0.2) is 8.42 Å². The van der Waals surface area contributed by atoms with Crippen molar-refractivity contribution in [3.8, 4) is 0 Å². The van der Waals surface area contributed by atoms with Gasteiger partial charge in [-0.1, -0.05) is 42.5 Å². The average molecular weight is 436 g/mol. The molecule has 1 heterocycles. The van der Waals surface area contributed by atoms with Gasteiger partial charge in [-0.15, -0.1) is 0 Å². The van der Waals surface area contributed by atoms with Gasteiger partial charge in [0, 0.05) is 17.7 Å². The molecule has 2 N–H and O–H groups in total. The second-order valence-corrected chi connectivity index (χ2v) is 8.31. The monoisotopic (exact) mass is 436 g/mol. The minimum atomic E-state index is -4.39. The van der Waals surface area contributed by atoms with E-state index in [1.165, 1.54) is 6.08 Å². The summed E-state index contributed by atoms with van der Waals surface area (Å²) in [5.74, 6) is -0.644. The van der Waals surface area contributed by atoms with Crippen LogP contribution in [0, 0.1) is 0 Å². The minimum absolute atomic E-state index is 0. The first-order valence-electron chi connectivity index (χ1n) is 8.57. The maximum Gasteiger partial charge on any atom is 1.00 e. The van der Waals surface area contributed by atoms with Crippen molar-refractivity contribution in [3.63, 3.8) is 0 Å². The molecule has 152 valence electrons. The zero-order valence-corrected chi connectivity index (χ0v) is 18.6. The van der Waals surface area contributed by atoms with Gasteiger partial charge in [-0.2, -0.15) is 13.2 Å². The molecule has 0 fully saturated rings. The second-order valence-electron chi connectivity index (χ2n) is 6.47. The van der Waals surface area contributed by atoms with Crippen LogP contribution in [0.3, 0.4) is 0 Å². The Bertz CT molecular complexity index is 1040. The van der Waals surface area contributed by atoms with E-state index in [-0.39, 0.29) is 43.2 Å². The van der Waals surface area contributed by atoms with Gasteiger partial charge in [-0.3, -0.25) is 15.0 Å². The van der Waals surface area contributed by atoms with Gasteiger partial charge in [-0.05, 0) is 29.3 Å². The van der Waals surface area contributed by atoms with Crippen LogP contribution in [0.4, 0.5) is 13.2 Å². The number of alkyl halides is 3. The minimum Gasteiger partial charge on any atom is -1.00 e. The Morgan fingerprint density at radius 2 is 1.79 bits per heavy atom. The standard InChI is InChI=1S/C19H19F3N2O3S.Na.H/c20-19(21,22)11-4-12-28(26,27)23-15-9-10-18(24(25)13-15)17-8-3-6-14-5-1-2-7-16(14)17;;/h1-3,5-10,23,25H,4,11-13H2;;/q;+1;-1. The first kappa shape index (κ1) is 23.8. The fourth-order valence-corrected chi connectivity index (χ4v) is 4.18. The van der Waals surface area contributed by atoms with Crippen molar-refractivity contribution < 1.29 is 57.8 Å². The molecule has 1 aliphatic rings. The van der Waals surface area contributed by atoms with Gasteiger partial charge in [0.15, 0.2) is 0 Å². The van der Waals surface area contributed by atoms with Gasteiger partial charge in [0.2, 0.25) is 10.0 Å². The van der Waals surface area contributed by atoms with Gasteiger partial charge in [0.1, 0.15) is 0 Å². The van der Waals surface area contributed by atoms with Crippen LogP contribution in [-0.4, -0.2) is 37.2 Å². The molecule has 0 aromatic heterocycles. The molecule has 10 heteroatoms. The maximum absolute atomic E-state index is 12.2. The van der Waals surface area contributed by atoms with E-state index in [0.717, 1.165) is 21.4 Å². The van der Waals surface area contributed by atoms with E-state index in [2.05, 4.69) is 4.72 Å². The molecule has 0 bridgehead atoms. The number of allylic oxidation sites excluding steroid dienone is 2. The molecule has 29 heavy (non-hydrogen) atoms. The molecule has 0 amide bonds. The molecule has 2 aromatic rings. The molecular formula is C19H20F3N2NaO3S. The molecule has 1 aliphatic heterocycles. The molecule has 0 atom stereocenters. The van der Waals surface area contributed by atoms with E-state index < -0.39 is 34.8 Å². The number of fused-ring (bicyclic) bond motifs is 1. The van der Waals surface area contributed by atoms with Crippen molar-refractivity contribution in [1.82, 2.24) is 9.79 Å². The first-order valence-corrected chi connectivity index (χ1v) is 10.2. The third-order valence-corrected chi connectivity index (χ3v) is 5.67. The molecule has 2 aromatic carbocycles. The van der Waals surface area contributed by atoms with Crippen molar-refractivity contribution in [2.24, 2.45) is 0 Å². The van der Waals surface area contributed by atoms with Gasteiger partial charge < -0.3 is 1.43 Å². The summed E-state index contributed by atoms with van der Waals surface area (Å²) in [5, 5.41) is 13.2. The van der Waals surface area contributed by atoms with Crippen LogP contribution in [-0.2, 0) is 10.0 Å². The van der Waals surface area contributed by atoms with Crippen molar-refractivity contribution in [3.05, 3.63) is 65.9 Å². The van der Waals surface area contributed by atoms with E-state index in [4.69, 9.17) is 0 Å². The predicted molar refractivity (Wildman–Crippen MR) is 102 cm³/mol. The Morgan fingerprint density at radius 1 is 1.10 bits per heavy atom. The Balaban J connectivity index is 0.00000225. The van der Waals surface area contributed by atoms with E-state index in [9.17, 15) is 26.8 Å². The topological polar surface area (TPSA) is 69.6 Å². The number of nitrogens with one attached hydrogen (secondary N) is 1. The number of halogens is 3. The predicted octanol–water partition coefficient (Wildman–Crippen LogP) is 1.15. The van der Waals surface area contributed by atoms with Crippen LogP contribution >= 0.6 is 0 Å². The Morgan fingerprint density at radius 3 is 2.48 bits per heavy atom. The number of benzene rings is 2. The van der Waals surface area contributed by atoms with Crippen molar-refractivity contribution >= 4 is 26.5 Å². The summed E-state index contributed by atoms with van der Waals surface area (Å²) in [6.45, 7) is -0.131. The Hall–Kier alpha value is -1.52. The van der Waals surface area contributed by atoms with Crippen LogP contribution in [0.25, 0.3) is 16.5 Å². The third-order valence-electron chi connectivity index (χ3n) is 4.27. The summed E-state index contributed by atoms with van der Waals surface area (Å²) < 4.78 is 62.7. The fraction of sp³-hybridized carbons (Fsp3) is 0.263. The number of rotatable bonds is 6. The van der Waals surface area contributed by atoms with Gasteiger partial charge in [0.25, 0.3) is 0 Å². The fourth-order valence-electron chi connectivity index (χ4n) is 3.02. The van der Waals surface area contributed by atoms with Crippen molar-refractivity contribution in [2.75, 3.05) is 12.3 Å². The summed E-state index contributed by atoms with van der Waals surface area (Å²) in [4.78, 5) is 0. The number of nitrogens with zero attached hydrogens (tertiary/aromatic N) is 1. The molecule has 0 spiro atoms. The molecular weight excluding hydrogens is 416 g/mol. The first-order chi connectivity index (χ1) is 13.1. The van der Waals surface area contributed by atoms with Crippen molar-refractivity contribution in [1.29, 1.82) is 0 Å². The number of hydrogen-bond donors (Lipinski definition) is 2. The van der Waals surface area contributed by atoms with E-state index in [1.54, 1.807) is 6.08 Å². The molecule has 0 radical (unpaired) electrons. The third kappa shape index (κ3) is 6.48. The van der Waals surface area contributed by atoms with E-state index >= 15 is 0 Å². The molecule has 0 unspecified atom stereocenters. The summed E-state index contributed by atoms with van der Waals surface area (Å²) in [5.41, 5.74) is 1.46. The summed E-state index contributed by atoms with van der Waals surface area (Å²) in [6.07, 6.45) is -3.00. The number of sulfonamides is 1. The van der Waals surface area contributed by atoms with Crippen LogP contribution in [0.2, 0.25) is 0 Å². The summed E-state index contributed by atoms with van der Waals surface area (Å²) >= 11 is 0. The average Bonchev–Trinajstić information content (AvgIpc) is 2.60. The zero-order valence-electron chi connectivity index (χ0n) is 16.8. The normalized spacial score (nSPS) is 14.8. The Kier molecular flexibility index (Phi) is 7.80. The maximum atomic E-state index is 12.2. The number of hydrogen-bond acceptors (Lipinski definition) is 4. The molecule has 5 nitrogen and oxygen atoms in total. The van der Waals surface area contributed by atoms with Crippen LogP contribution in [0.5, 0.6) is 0 Å². The molecule has 0 aliphatic carbocycles. The quantitative estimate of drug-likeness (QED) is 0.667. The number of hydroxylamine groups is 2. The van der Waals surface area contributed by atoms with Crippen LogP contribution in [0.15, 0.2) is 60.3 Å². The van der Waals surface area contributed by atoms with Crippen LogP contribution < -0.4 is 34.3 Å². The molecule has 0 saturated carbocycles. The van der Waals surface area contributed by atoms with Gasteiger partial charge in [0.05, 0.1) is 18.0 Å². The smallest absolute Gasteiger partial charge is 1.00 e. The van der Waals surface area contributed by atoms with Crippen LogP contribution in [0.1, 0.15) is 19.8 Å². The largest absolute Gasteiger partial charge is 1.00 e. The molecule has 0 saturated heterocycles. The van der Waals surface area contributed by atoms with E-state index in [0.29, 0.717) is 5.70 Å². The Labute approximate surface area is 190 Å². The summed E-state index contributed by atoms with van der Waals surface area (Å²) in [6, 6.07) is 13.3. The second kappa shape index (κ2) is 9.53. The van der Waals surface area contributed by atoms with Gasteiger partial charge >= 0.3 is 35.7 Å². The zero-order chi connectivity index (χ0) is 20.4. The van der Waals surface area contributed by atoms with E-state index in [1.807, 2.05) is 42.5 Å². The van der Waals surface area contributed by atoms with Crippen molar-refractivity contribution in [2.45, 2.75) is 19.0 Å². The molecule has 3 rings (SSSR count). The SMILES string of the molecule is O=S(=O)(CCCC(F)(F)F)NC1=CC=C(c2cccc3ccccc23)N(O)C1.[H-].[Na+].